The highest BCUT2D eigenvalue weighted by atomic mass is 79.9. The molecule has 0 bridgehead atoms. The van der Waals surface area contributed by atoms with Crippen LogP contribution in [0.1, 0.15) is 6.92 Å². The number of halogens is 1. The Hall–Kier alpha value is -1.50. The Morgan fingerprint density at radius 2 is 2.29 bits per heavy atom. The molecule has 0 aliphatic carbocycles. The van der Waals surface area contributed by atoms with Crippen LogP contribution in [0.15, 0.2) is 34.8 Å². The van der Waals surface area contributed by atoms with Crippen LogP contribution in [0.5, 0.6) is 0 Å². The Morgan fingerprint density at radius 1 is 1.43 bits per heavy atom. The van der Waals surface area contributed by atoms with Crippen LogP contribution in [-0.2, 0) is 9.53 Å². The van der Waals surface area contributed by atoms with E-state index >= 15 is 0 Å². The molecule has 1 aromatic carbocycles. The molecule has 0 unspecified atom stereocenters. The molecule has 6 heteroatoms. The van der Waals surface area contributed by atoms with Gasteiger partial charge in [-0.25, -0.2) is 4.98 Å². The quantitative estimate of drug-likeness (QED) is 0.873. The summed E-state index contributed by atoms with van der Waals surface area (Å²) in [6.07, 6.45) is -0.147. The van der Waals surface area contributed by atoms with Crippen LogP contribution >= 0.6 is 15.9 Å². The number of hydrogen-bond donors (Lipinski definition) is 2. The molecule has 1 fully saturated rings. The third-order valence-electron chi connectivity index (χ3n) is 3.52. The van der Waals surface area contributed by atoms with Crippen molar-refractivity contribution in [3.63, 3.8) is 0 Å². The predicted octanol–water partition coefficient (Wildman–Crippen LogP) is 2.31. The molecule has 2 N–H and O–H groups in total. The van der Waals surface area contributed by atoms with E-state index in [1.54, 1.807) is 6.07 Å². The second-order valence-electron chi connectivity index (χ2n) is 5.01. The zero-order valence-corrected chi connectivity index (χ0v) is 13.2. The van der Waals surface area contributed by atoms with Crippen LogP contribution < -0.4 is 10.6 Å². The van der Waals surface area contributed by atoms with Crippen molar-refractivity contribution in [1.82, 2.24) is 10.3 Å². The zero-order chi connectivity index (χ0) is 14.8. The molecule has 0 radical (unpaired) electrons. The molecule has 2 aromatic rings. The molecule has 1 aliphatic rings. The SMILES string of the molecule is C[C@H]1OCCN[C@@H]1C(=O)Nc1ccc2cccc(Br)c2n1. The molecule has 0 saturated carbocycles. The molecule has 1 amide bonds. The van der Waals surface area contributed by atoms with E-state index in [1.807, 2.05) is 31.2 Å². The lowest BCUT2D eigenvalue weighted by Crippen LogP contribution is -2.53. The average molecular weight is 350 g/mol. The first-order chi connectivity index (χ1) is 10.1. The van der Waals surface area contributed by atoms with Crippen molar-refractivity contribution in [1.29, 1.82) is 0 Å². The first-order valence-electron chi connectivity index (χ1n) is 6.86. The molecule has 1 aromatic heterocycles. The molecule has 21 heavy (non-hydrogen) atoms. The van der Waals surface area contributed by atoms with E-state index in [-0.39, 0.29) is 18.1 Å². The van der Waals surface area contributed by atoms with Crippen molar-refractivity contribution in [2.24, 2.45) is 0 Å². The summed E-state index contributed by atoms with van der Waals surface area (Å²) in [7, 11) is 0. The Kier molecular flexibility index (Phi) is 4.19. The number of nitrogens with zero attached hydrogens (tertiary/aromatic N) is 1. The summed E-state index contributed by atoms with van der Waals surface area (Å²) >= 11 is 3.48. The van der Waals surface area contributed by atoms with Crippen LogP contribution in [0.4, 0.5) is 5.82 Å². The Morgan fingerprint density at radius 3 is 3.10 bits per heavy atom. The fourth-order valence-electron chi connectivity index (χ4n) is 2.41. The minimum absolute atomic E-state index is 0.124. The van der Waals surface area contributed by atoms with E-state index in [2.05, 4.69) is 31.5 Å². The number of ether oxygens (including phenoxy) is 1. The van der Waals surface area contributed by atoms with E-state index in [1.165, 1.54) is 0 Å². The maximum Gasteiger partial charge on any atom is 0.245 e. The first-order valence-corrected chi connectivity index (χ1v) is 7.65. The van der Waals surface area contributed by atoms with Gasteiger partial charge < -0.3 is 15.4 Å². The van der Waals surface area contributed by atoms with Gasteiger partial charge in [-0.1, -0.05) is 12.1 Å². The number of nitrogens with one attached hydrogen (secondary N) is 2. The van der Waals surface area contributed by atoms with Crippen LogP contribution in [0.25, 0.3) is 10.9 Å². The second kappa shape index (κ2) is 6.09. The van der Waals surface area contributed by atoms with Crippen LogP contribution in [0, 0.1) is 0 Å². The summed E-state index contributed by atoms with van der Waals surface area (Å²) in [6.45, 7) is 3.20. The Labute approximate surface area is 131 Å². The van der Waals surface area contributed by atoms with Gasteiger partial charge in [0.15, 0.2) is 0 Å². The number of amides is 1. The molecule has 1 aliphatic heterocycles. The number of benzene rings is 1. The molecule has 2 atom stereocenters. The van der Waals surface area contributed by atoms with Crippen LogP contribution in [-0.4, -0.2) is 36.2 Å². The number of hydrogen-bond acceptors (Lipinski definition) is 4. The first kappa shape index (κ1) is 14.4. The molecule has 0 spiro atoms. The van der Waals surface area contributed by atoms with Gasteiger partial charge in [-0.3, -0.25) is 4.79 Å². The van der Waals surface area contributed by atoms with Gasteiger partial charge in [0.2, 0.25) is 5.91 Å². The number of fused-ring (bicyclic) bond motifs is 1. The summed E-state index contributed by atoms with van der Waals surface area (Å²) in [4.78, 5) is 16.8. The third kappa shape index (κ3) is 3.07. The molecule has 3 rings (SSSR count). The predicted molar refractivity (Wildman–Crippen MR) is 85.3 cm³/mol. The molecule has 1 saturated heterocycles. The highest BCUT2D eigenvalue weighted by molar-refractivity contribution is 9.10. The van der Waals surface area contributed by atoms with E-state index in [4.69, 9.17) is 4.74 Å². The van der Waals surface area contributed by atoms with E-state index in [0.717, 1.165) is 15.4 Å². The standard InChI is InChI=1S/C15H16BrN3O2/c1-9-13(17-7-8-21-9)15(20)19-12-6-5-10-3-2-4-11(16)14(10)18-12/h2-6,9,13,17H,7-8H2,1H3,(H,18,19,20)/t9-,13+/m1/s1. The van der Waals surface area contributed by atoms with Gasteiger partial charge in [-0.2, -0.15) is 0 Å². The topological polar surface area (TPSA) is 63.2 Å². The number of morpholine rings is 1. The van der Waals surface area contributed by atoms with E-state index in [9.17, 15) is 4.79 Å². The van der Waals surface area contributed by atoms with Crippen molar-refractivity contribution in [2.45, 2.75) is 19.1 Å². The highest BCUT2D eigenvalue weighted by Crippen LogP contribution is 2.23. The monoisotopic (exact) mass is 349 g/mol. The summed E-state index contributed by atoms with van der Waals surface area (Å²) < 4.78 is 6.39. The molecule has 110 valence electrons. The Bertz CT molecular complexity index is 677. The number of para-hydroxylation sites is 1. The van der Waals surface area contributed by atoms with E-state index in [0.29, 0.717) is 19.0 Å². The molecular formula is C15H16BrN3O2. The summed E-state index contributed by atoms with van der Waals surface area (Å²) in [5.74, 6) is 0.417. The van der Waals surface area contributed by atoms with Gasteiger partial charge in [0.25, 0.3) is 0 Å². The minimum atomic E-state index is -0.351. The van der Waals surface area contributed by atoms with Gasteiger partial charge in [0.05, 0.1) is 18.2 Å². The summed E-state index contributed by atoms with van der Waals surface area (Å²) in [5, 5.41) is 7.03. The third-order valence-corrected chi connectivity index (χ3v) is 4.16. The highest BCUT2D eigenvalue weighted by Gasteiger charge is 2.28. The summed E-state index contributed by atoms with van der Waals surface area (Å²) in [5.41, 5.74) is 0.830. The van der Waals surface area contributed by atoms with Crippen molar-refractivity contribution in [2.75, 3.05) is 18.5 Å². The number of anilines is 1. The van der Waals surface area contributed by atoms with Gasteiger partial charge >= 0.3 is 0 Å². The van der Waals surface area contributed by atoms with Gasteiger partial charge in [0, 0.05) is 16.4 Å². The average Bonchev–Trinajstić information content (AvgIpc) is 2.48. The molecular weight excluding hydrogens is 334 g/mol. The number of carbonyl (C=O) groups is 1. The summed E-state index contributed by atoms with van der Waals surface area (Å²) in [6, 6.07) is 9.27. The Balaban J connectivity index is 1.81. The van der Waals surface area contributed by atoms with Crippen LogP contribution in [0.3, 0.4) is 0 Å². The van der Waals surface area contributed by atoms with Crippen molar-refractivity contribution < 1.29 is 9.53 Å². The molecule has 5 nitrogen and oxygen atoms in total. The van der Waals surface area contributed by atoms with Crippen molar-refractivity contribution in [3.05, 3.63) is 34.8 Å². The number of pyridine rings is 1. The fraction of sp³-hybridized carbons (Fsp3) is 0.333. The number of aromatic nitrogens is 1. The van der Waals surface area contributed by atoms with Crippen LogP contribution in [0.2, 0.25) is 0 Å². The van der Waals surface area contributed by atoms with Gasteiger partial charge in [-0.05, 0) is 41.1 Å². The maximum atomic E-state index is 12.3. The zero-order valence-electron chi connectivity index (χ0n) is 11.6. The van der Waals surface area contributed by atoms with Gasteiger partial charge in [-0.15, -0.1) is 0 Å². The largest absolute Gasteiger partial charge is 0.375 e. The lowest BCUT2D eigenvalue weighted by atomic mass is 10.1. The number of rotatable bonds is 2. The smallest absolute Gasteiger partial charge is 0.245 e. The second-order valence-corrected chi connectivity index (χ2v) is 5.86. The van der Waals surface area contributed by atoms with Crippen molar-refractivity contribution >= 4 is 38.6 Å². The van der Waals surface area contributed by atoms with E-state index < -0.39 is 0 Å². The van der Waals surface area contributed by atoms with Gasteiger partial charge in [0.1, 0.15) is 11.9 Å². The minimum Gasteiger partial charge on any atom is -0.375 e. The normalized spacial score (nSPS) is 22.2. The lowest BCUT2D eigenvalue weighted by Gasteiger charge is -2.29. The maximum absolute atomic E-state index is 12.3. The molecule has 2 heterocycles. The lowest BCUT2D eigenvalue weighted by molar-refractivity contribution is -0.123. The number of carbonyl (C=O) groups excluding carboxylic acids is 1. The van der Waals surface area contributed by atoms with Crippen molar-refractivity contribution in [3.8, 4) is 0 Å². The fourth-order valence-corrected chi connectivity index (χ4v) is 2.88.